The van der Waals surface area contributed by atoms with Crippen LogP contribution in [0.4, 0.5) is 11.6 Å². The van der Waals surface area contributed by atoms with Gasteiger partial charge >= 0.3 is 0 Å². The normalized spacial score (nSPS) is 18.3. The van der Waals surface area contributed by atoms with Gasteiger partial charge in [-0.25, -0.2) is 4.98 Å². The number of hydrogen-bond donors (Lipinski definition) is 2. The SMILES string of the molecule is Cc1ccc(NC(=O)C2CSCN2C(=O)CCc2c(C)nc(N3CCOCC3)[nH]c2=O)cc1C. The third-order valence-electron chi connectivity index (χ3n) is 6.39. The van der Waals surface area contributed by atoms with E-state index in [9.17, 15) is 14.4 Å². The molecule has 182 valence electrons. The van der Waals surface area contributed by atoms with Crippen LogP contribution in [0.3, 0.4) is 0 Å². The van der Waals surface area contributed by atoms with Gasteiger partial charge in [-0.2, -0.15) is 0 Å². The molecule has 2 aliphatic heterocycles. The van der Waals surface area contributed by atoms with Crippen molar-refractivity contribution in [3.8, 4) is 0 Å². The molecule has 1 unspecified atom stereocenters. The lowest BCUT2D eigenvalue weighted by Gasteiger charge is -2.27. The number of aryl methyl sites for hydroxylation is 3. The van der Waals surface area contributed by atoms with Crippen LogP contribution >= 0.6 is 11.8 Å². The summed E-state index contributed by atoms with van der Waals surface area (Å²) in [7, 11) is 0. The van der Waals surface area contributed by atoms with Crippen LogP contribution in [0, 0.1) is 20.8 Å². The molecule has 2 fully saturated rings. The first-order valence-electron chi connectivity index (χ1n) is 11.5. The van der Waals surface area contributed by atoms with E-state index < -0.39 is 6.04 Å². The van der Waals surface area contributed by atoms with Gasteiger partial charge in [0.05, 0.1) is 19.1 Å². The van der Waals surface area contributed by atoms with Crippen LogP contribution in [0.2, 0.25) is 0 Å². The molecule has 2 aromatic rings. The minimum atomic E-state index is -0.527. The molecule has 0 bridgehead atoms. The molecule has 2 saturated heterocycles. The molecule has 0 aliphatic carbocycles. The number of aromatic nitrogens is 2. The molecular formula is C24H31N5O4S. The number of hydrogen-bond acceptors (Lipinski definition) is 7. The average Bonchev–Trinajstić information content (AvgIpc) is 3.31. The summed E-state index contributed by atoms with van der Waals surface area (Å²) in [6.45, 7) is 8.38. The predicted octanol–water partition coefficient (Wildman–Crippen LogP) is 2.00. The number of nitrogens with one attached hydrogen (secondary N) is 2. The van der Waals surface area contributed by atoms with Gasteiger partial charge in [-0.05, 0) is 50.5 Å². The summed E-state index contributed by atoms with van der Waals surface area (Å²) in [5, 5.41) is 2.94. The summed E-state index contributed by atoms with van der Waals surface area (Å²) in [4.78, 5) is 49.6. The Bertz CT molecular complexity index is 1130. The van der Waals surface area contributed by atoms with Gasteiger partial charge < -0.3 is 19.9 Å². The molecule has 9 nitrogen and oxygen atoms in total. The number of ether oxygens (including phenoxy) is 1. The Morgan fingerprint density at radius 2 is 1.97 bits per heavy atom. The Hall–Kier alpha value is -2.85. The van der Waals surface area contributed by atoms with Crippen LogP contribution in [0.15, 0.2) is 23.0 Å². The van der Waals surface area contributed by atoms with Crippen molar-refractivity contribution in [2.75, 3.05) is 48.1 Å². The van der Waals surface area contributed by atoms with E-state index >= 15 is 0 Å². The predicted molar refractivity (Wildman–Crippen MR) is 133 cm³/mol. The quantitative estimate of drug-likeness (QED) is 0.644. The molecular weight excluding hydrogens is 454 g/mol. The summed E-state index contributed by atoms with van der Waals surface area (Å²) in [6.07, 6.45) is 0.430. The van der Waals surface area contributed by atoms with Crippen LogP contribution in [0.25, 0.3) is 0 Å². The smallest absolute Gasteiger partial charge is 0.255 e. The van der Waals surface area contributed by atoms with E-state index in [0.717, 1.165) is 16.8 Å². The highest BCUT2D eigenvalue weighted by atomic mass is 32.2. The first-order chi connectivity index (χ1) is 16.3. The van der Waals surface area contributed by atoms with E-state index in [1.54, 1.807) is 23.6 Å². The zero-order chi connectivity index (χ0) is 24.2. The summed E-state index contributed by atoms with van der Waals surface area (Å²) in [5.74, 6) is 1.24. The van der Waals surface area contributed by atoms with E-state index in [1.165, 1.54) is 0 Å². The summed E-state index contributed by atoms with van der Waals surface area (Å²) >= 11 is 1.56. The molecule has 34 heavy (non-hydrogen) atoms. The van der Waals surface area contributed by atoms with E-state index in [-0.39, 0.29) is 30.2 Å². The molecule has 1 atom stereocenters. The number of H-pyrrole nitrogens is 1. The van der Waals surface area contributed by atoms with Crippen LogP contribution < -0.4 is 15.8 Å². The topological polar surface area (TPSA) is 108 Å². The van der Waals surface area contributed by atoms with Crippen LogP contribution in [-0.4, -0.2) is 70.7 Å². The van der Waals surface area contributed by atoms with Crippen molar-refractivity contribution >= 4 is 35.2 Å². The minimum absolute atomic E-state index is 0.138. The number of morpholine rings is 1. The fourth-order valence-electron chi connectivity index (χ4n) is 4.14. The molecule has 0 radical (unpaired) electrons. The van der Waals surface area contributed by atoms with Crippen molar-refractivity contribution in [2.45, 2.75) is 39.7 Å². The molecule has 1 aromatic carbocycles. The standard InChI is InChI=1S/C24H31N5O4S/c1-15-4-5-18(12-16(15)2)26-23(32)20-13-34-14-29(20)21(30)7-6-19-17(3)25-24(27-22(19)31)28-8-10-33-11-9-28/h4-5,12,20H,6-11,13-14H2,1-3H3,(H,26,32)(H,25,27,31). The van der Waals surface area contributed by atoms with Crippen molar-refractivity contribution in [3.63, 3.8) is 0 Å². The molecule has 0 spiro atoms. The van der Waals surface area contributed by atoms with E-state index in [4.69, 9.17) is 4.74 Å². The fourth-order valence-corrected chi connectivity index (χ4v) is 5.32. The third kappa shape index (κ3) is 5.44. The molecule has 4 rings (SSSR count). The van der Waals surface area contributed by atoms with Crippen molar-refractivity contribution in [3.05, 3.63) is 50.9 Å². The van der Waals surface area contributed by atoms with Gasteiger partial charge in [0, 0.05) is 42.2 Å². The number of thioether (sulfide) groups is 1. The van der Waals surface area contributed by atoms with E-state index in [0.29, 0.717) is 55.1 Å². The molecule has 0 saturated carbocycles. The number of nitrogens with zero attached hydrogens (tertiary/aromatic N) is 3. The van der Waals surface area contributed by atoms with Gasteiger partial charge in [-0.1, -0.05) is 6.07 Å². The second-order valence-electron chi connectivity index (χ2n) is 8.72. The maximum atomic E-state index is 13.0. The number of rotatable bonds is 6. The highest BCUT2D eigenvalue weighted by Crippen LogP contribution is 2.24. The lowest BCUT2D eigenvalue weighted by Crippen LogP contribution is -2.44. The van der Waals surface area contributed by atoms with E-state index in [1.807, 2.05) is 36.9 Å². The molecule has 2 amide bonds. The van der Waals surface area contributed by atoms with Crippen LogP contribution in [0.1, 0.15) is 28.8 Å². The molecule has 1 aromatic heterocycles. The molecule has 3 heterocycles. The second-order valence-corrected chi connectivity index (χ2v) is 9.72. The highest BCUT2D eigenvalue weighted by Gasteiger charge is 2.34. The van der Waals surface area contributed by atoms with Crippen molar-refractivity contribution < 1.29 is 14.3 Å². The minimum Gasteiger partial charge on any atom is -0.378 e. The Balaban J connectivity index is 1.38. The number of anilines is 2. The zero-order valence-electron chi connectivity index (χ0n) is 19.8. The Kier molecular flexibility index (Phi) is 7.57. The largest absolute Gasteiger partial charge is 0.378 e. The van der Waals surface area contributed by atoms with Gasteiger partial charge in [0.15, 0.2) is 0 Å². The number of aromatic amines is 1. The average molecular weight is 486 g/mol. The maximum absolute atomic E-state index is 13.0. The van der Waals surface area contributed by atoms with Gasteiger partial charge in [-0.15, -0.1) is 11.8 Å². The first-order valence-corrected chi connectivity index (χ1v) is 12.7. The Labute approximate surface area is 203 Å². The lowest BCUT2D eigenvalue weighted by molar-refractivity contribution is -0.136. The van der Waals surface area contributed by atoms with Gasteiger partial charge in [0.2, 0.25) is 17.8 Å². The lowest BCUT2D eigenvalue weighted by atomic mass is 10.1. The summed E-state index contributed by atoms with van der Waals surface area (Å²) in [6, 6.07) is 5.25. The molecule has 2 N–H and O–H groups in total. The van der Waals surface area contributed by atoms with Crippen molar-refractivity contribution in [2.24, 2.45) is 0 Å². The Morgan fingerprint density at radius 1 is 1.21 bits per heavy atom. The third-order valence-corrected chi connectivity index (χ3v) is 7.40. The van der Waals surface area contributed by atoms with Gasteiger partial charge in [0.1, 0.15) is 6.04 Å². The maximum Gasteiger partial charge on any atom is 0.255 e. The summed E-state index contributed by atoms with van der Waals surface area (Å²) < 4.78 is 5.35. The zero-order valence-corrected chi connectivity index (χ0v) is 20.7. The van der Waals surface area contributed by atoms with Gasteiger partial charge in [0.25, 0.3) is 5.56 Å². The second kappa shape index (κ2) is 10.6. The number of benzene rings is 1. The van der Waals surface area contributed by atoms with Crippen molar-refractivity contribution in [1.29, 1.82) is 0 Å². The van der Waals surface area contributed by atoms with Crippen LogP contribution in [0.5, 0.6) is 0 Å². The number of amides is 2. The monoisotopic (exact) mass is 485 g/mol. The van der Waals surface area contributed by atoms with Gasteiger partial charge in [-0.3, -0.25) is 19.4 Å². The highest BCUT2D eigenvalue weighted by molar-refractivity contribution is 7.99. The Morgan fingerprint density at radius 3 is 2.68 bits per heavy atom. The molecule has 10 heteroatoms. The molecule has 2 aliphatic rings. The fraction of sp³-hybridized carbons (Fsp3) is 0.500. The van der Waals surface area contributed by atoms with E-state index in [2.05, 4.69) is 15.3 Å². The van der Waals surface area contributed by atoms with Crippen LogP contribution in [-0.2, 0) is 20.7 Å². The number of carbonyl (C=O) groups excluding carboxylic acids is 2. The summed E-state index contributed by atoms with van der Waals surface area (Å²) in [5.41, 5.74) is 3.89. The first kappa shape index (κ1) is 24.3. The number of carbonyl (C=O) groups is 2. The van der Waals surface area contributed by atoms with Crippen molar-refractivity contribution in [1.82, 2.24) is 14.9 Å².